The third kappa shape index (κ3) is 4.17. The molecule has 1 heterocycles. The van der Waals surface area contributed by atoms with Crippen molar-refractivity contribution >= 4 is 40.8 Å². The van der Waals surface area contributed by atoms with E-state index in [9.17, 15) is 14.4 Å². The zero-order valence-electron chi connectivity index (χ0n) is 15.7. The molecule has 7 heteroatoms. The highest BCUT2D eigenvalue weighted by Crippen LogP contribution is 2.31. The number of carbonyl (C=O) groups is 3. The van der Waals surface area contributed by atoms with Crippen molar-refractivity contribution in [1.82, 2.24) is 0 Å². The maximum atomic E-state index is 12.6. The largest absolute Gasteiger partial charge is 0.462 e. The third-order valence-electron chi connectivity index (χ3n) is 4.69. The molecule has 3 rings (SSSR count). The highest BCUT2D eigenvalue weighted by Gasteiger charge is 2.35. The normalized spacial score (nSPS) is 16.2. The van der Waals surface area contributed by atoms with Gasteiger partial charge in [-0.1, -0.05) is 17.7 Å². The van der Waals surface area contributed by atoms with Gasteiger partial charge in [0.05, 0.1) is 18.1 Å². The predicted octanol–water partition coefficient (Wildman–Crippen LogP) is 3.82. The first-order valence-corrected chi connectivity index (χ1v) is 9.42. The van der Waals surface area contributed by atoms with Gasteiger partial charge in [-0.2, -0.15) is 0 Å². The number of hydrogen-bond acceptors (Lipinski definition) is 4. The summed E-state index contributed by atoms with van der Waals surface area (Å²) in [6.07, 6.45) is 0.138. The summed E-state index contributed by atoms with van der Waals surface area (Å²) >= 11 is 6.15. The summed E-state index contributed by atoms with van der Waals surface area (Å²) in [5, 5.41) is 3.39. The summed E-state index contributed by atoms with van der Waals surface area (Å²) in [7, 11) is 0. The molecule has 28 heavy (non-hydrogen) atoms. The van der Waals surface area contributed by atoms with Crippen LogP contribution in [0.15, 0.2) is 42.5 Å². The van der Waals surface area contributed by atoms with Crippen LogP contribution in [0.4, 0.5) is 11.4 Å². The van der Waals surface area contributed by atoms with E-state index in [1.54, 1.807) is 48.2 Å². The van der Waals surface area contributed by atoms with E-state index in [-0.39, 0.29) is 18.2 Å². The van der Waals surface area contributed by atoms with Crippen LogP contribution in [-0.4, -0.2) is 30.9 Å². The number of rotatable bonds is 5. The summed E-state index contributed by atoms with van der Waals surface area (Å²) in [6.45, 7) is 4.19. The lowest BCUT2D eigenvalue weighted by molar-refractivity contribution is -0.122. The van der Waals surface area contributed by atoms with Gasteiger partial charge in [-0.15, -0.1) is 0 Å². The highest BCUT2D eigenvalue weighted by molar-refractivity contribution is 6.31. The maximum absolute atomic E-state index is 12.6. The number of nitrogens with zero attached hydrogens (tertiary/aromatic N) is 1. The molecule has 1 fully saturated rings. The molecule has 2 amide bonds. The SMILES string of the molecule is CCOC(=O)c1ccc(NC(=O)C2CC(=O)N(c3cccc(Cl)c3C)C2)cc1. The molecule has 146 valence electrons. The molecule has 0 spiro atoms. The molecule has 2 aromatic carbocycles. The van der Waals surface area contributed by atoms with Crippen molar-refractivity contribution < 1.29 is 19.1 Å². The van der Waals surface area contributed by atoms with E-state index in [4.69, 9.17) is 16.3 Å². The summed E-state index contributed by atoms with van der Waals surface area (Å²) in [5.41, 5.74) is 2.51. The minimum atomic E-state index is -0.462. The molecule has 0 saturated carbocycles. The van der Waals surface area contributed by atoms with Gasteiger partial charge in [0.1, 0.15) is 0 Å². The summed E-state index contributed by atoms with van der Waals surface area (Å²) < 4.78 is 4.94. The topological polar surface area (TPSA) is 75.7 Å². The number of ether oxygens (including phenoxy) is 1. The van der Waals surface area contributed by atoms with Crippen molar-refractivity contribution in [2.75, 3.05) is 23.4 Å². The molecule has 0 aromatic heterocycles. The molecule has 0 aliphatic carbocycles. The summed E-state index contributed by atoms with van der Waals surface area (Å²) in [6, 6.07) is 11.8. The van der Waals surface area contributed by atoms with Crippen LogP contribution in [0.3, 0.4) is 0 Å². The Hall–Kier alpha value is -2.86. The number of nitrogens with one attached hydrogen (secondary N) is 1. The van der Waals surface area contributed by atoms with Crippen molar-refractivity contribution in [1.29, 1.82) is 0 Å². The van der Waals surface area contributed by atoms with Crippen LogP contribution in [0.25, 0.3) is 0 Å². The lowest BCUT2D eigenvalue weighted by Gasteiger charge is -2.19. The molecule has 0 radical (unpaired) electrons. The Morgan fingerprint density at radius 1 is 1.21 bits per heavy atom. The van der Waals surface area contributed by atoms with E-state index >= 15 is 0 Å². The minimum absolute atomic E-state index is 0.108. The first-order valence-electron chi connectivity index (χ1n) is 9.04. The van der Waals surface area contributed by atoms with Crippen LogP contribution in [0.2, 0.25) is 5.02 Å². The Morgan fingerprint density at radius 2 is 1.93 bits per heavy atom. The fourth-order valence-corrected chi connectivity index (χ4v) is 3.32. The number of halogens is 1. The van der Waals surface area contributed by atoms with E-state index in [0.717, 1.165) is 11.3 Å². The molecule has 1 atom stereocenters. The first kappa shape index (κ1) is 19.9. The highest BCUT2D eigenvalue weighted by atomic mass is 35.5. The maximum Gasteiger partial charge on any atom is 0.338 e. The average molecular weight is 401 g/mol. The Morgan fingerprint density at radius 3 is 2.61 bits per heavy atom. The molecular weight excluding hydrogens is 380 g/mol. The Bertz CT molecular complexity index is 911. The van der Waals surface area contributed by atoms with Crippen LogP contribution < -0.4 is 10.2 Å². The number of carbonyl (C=O) groups excluding carboxylic acids is 3. The summed E-state index contributed by atoms with van der Waals surface area (Å²) in [4.78, 5) is 38.3. The van der Waals surface area contributed by atoms with Crippen LogP contribution in [0, 0.1) is 12.8 Å². The van der Waals surface area contributed by atoms with Gasteiger partial charge in [0.15, 0.2) is 0 Å². The van der Waals surface area contributed by atoms with Gasteiger partial charge in [-0.25, -0.2) is 4.79 Å². The number of benzene rings is 2. The van der Waals surface area contributed by atoms with Crippen molar-refractivity contribution in [3.05, 3.63) is 58.6 Å². The van der Waals surface area contributed by atoms with Crippen LogP contribution in [0.5, 0.6) is 0 Å². The first-order chi connectivity index (χ1) is 13.4. The van der Waals surface area contributed by atoms with Crippen LogP contribution >= 0.6 is 11.6 Å². The molecule has 2 aromatic rings. The number of esters is 1. The Labute approximate surface area is 168 Å². The molecule has 1 saturated heterocycles. The van der Waals surface area contributed by atoms with E-state index in [1.807, 2.05) is 13.0 Å². The van der Waals surface area contributed by atoms with Crippen molar-refractivity contribution in [2.24, 2.45) is 5.92 Å². The van der Waals surface area contributed by atoms with Gasteiger partial charge >= 0.3 is 5.97 Å². The second-order valence-corrected chi connectivity index (χ2v) is 6.98. The monoisotopic (exact) mass is 400 g/mol. The minimum Gasteiger partial charge on any atom is -0.462 e. The van der Waals surface area contributed by atoms with E-state index in [2.05, 4.69) is 5.32 Å². The molecule has 6 nitrogen and oxygen atoms in total. The molecule has 1 aliphatic rings. The fraction of sp³-hybridized carbons (Fsp3) is 0.286. The van der Waals surface area contributed by atoms with Gasteiger partial charge in [-0.05, 0) is 55.8 Å². The Kier molecular flexibility index (Phi) is 5.99. The number of anilines is 2. The lowest BCUT2D eigenvalue weighted by Crippen LogP contribution is -2.28. The zero-order chi connectivity index (χ0) is 20.3. The van der Waals surface area contributed by atoms with Gasteiger partial charge in [-0.3, -0.25) is 9.59 Å². The van der Waals surface area contributed by atoms with Gasteiger partial charge < -0.3 is 15.0 Å². The van der Waals surface area contributed by atoms with Crippen molar-refractivity contribution in [3.63, 3.8) is 0 Å². The average Bonchev–Trinajstić information content (AvgIpc) is 3.06. The fourth-order valence-electron chi connectivity index (χ4n) is 3.15. The van der Waals surface area contributed by atoms with Crippen molar-refractivity contribution in [2.45, 2.75) is 20.3 Å². The van der Waals surface area contributed by atoms with E-state index in [1.165, 1.54) is 0 Å². The van der Waals surface area contributed by atoms with Crippen LogP contribution in [0.1, 0.15) is 29.3 Å². The van der Waals surface area contributed by atoms with Gasteiger partial charge in [0.25, 0.3) is 0 Å². The molecule has 0 bridgehead atoms. The molecular formula is C21H21ClN2O4. The number of hydrogen-bond donors (Lipinski definition) is 1. The second kappa shape index (κ2) is 8.44. The Balaban J connectivity index is 1.66. The van der Waals surface area contributed by atoms with Crippen LogP contribution in [-0.2, 0) is 14.3 Å². The third-order valence-corrected chi connectivity index (χ3v) is 5.10. The standard InChI is InChI=1S/C21H21ClN2O4/c1-3-28-21(27)14-7-9-16(10-8-14)23-20(26)15-11-19(25)24(12-15)18-6-4-5-17(22)13(18)2/h4-10,15H,3,11-12H2,1-2H3,(H,23,26). The zero-order valence-corrected chi connectivity index (χ0v) is 16.5. The van der Waals surface area contributed by atoms with E-state index < -0.39 is 11.9 Å². The quantitative estimate of drug-likeness (QED) is 0.774. The smallest absolute Gasteiger partial charge is 0.338 e. The molecule has 1 aliphatic heterocycles. The van der Waals surface area contributed by atoms with Crippen molar-refractivity contribution in [3.8, 4) is 0 Å². The molecule has 1 unspecified atom stereocenters. The summed E-state index contributed by atoms with van der Waals surface area (Å²) in [5.74, 6) is -1.22. The van der Waals surface area contributed by atoms with Gasteiger partial charge in [0.2, 0.25) is 11.8 Å². The second-order valence-electron chi connectivity index (χ2n) is 6.58. The lowest BCUT2D eigenvalue weighted by atomic mass is 10.1. The predicted molar refractivity (Wildman–Crippen MR) is 108 cm³/mol. The van der Waals surface area contributed by atoms with Gasteiger partial charge in [0, 0.05) is 29.4 Å². The number of amides is 2. The molecule has 1 N–H and O–H groups in total. The van der Waals surface area contributed by atoms with E-state index in [0.29, 0.717) is 29.4 Å².